The first kappa shape index (κ1) is 17.1. The Hall–Kier alpha value is 0.722. The van der Waals surface area contributed by atoms with Gasteiger partial charge in [-0.25, -0.2) is 0 Å². The quantitative estimate of drug-likeness (QED) is 0.533. The second-order valence-electron chi connectivity index (χ2n) is 3.71. The predicted octanol–water partition coefficient (Wildman–Crippen LogP) is 3.63. The first-order valence-electron chi connectivity index (χ1n) is 5.43. The standard InChI is InChI=1S/C10H23O2P.Cr/c1-3-5-7-9-13(11,12)10-8-6-4-2;/h3-10H2,1-2H3,(H,11,12);. The molecule has 0 aliphatic rings. The molecule has 2 nitrogen and oxygen atoms in total. The van der Waals surface area contributed by atoms with Crippen LogP contribution in [0.4, 0.5) is 0 Å². The van der Waals surface area contributed by atoms with Crippen LogP contribution >= 0.6 is 7.37 Å². The van der Waals surface area contributed by atoms with E-state index in [0.717, 1.165) is 38.5 Å². The van der Waals surface area contributed by atoms with Crippen molar-refractivity contribution in [3.63, 3.8) is 0 Å². The molecule has 0 aliphatic heterocycles. The van der Waals surface area contributed by atoms with Gasteiger partial charge in [0, 0.05) is 29.7 Å². The molecule has 0 aromatic rings. The second kappa shape index (κ2) is 10.2. The van der Waals surface area contributed by atoms with Crippen LogP contribution < -0.4 is 0 Å². The van der Waals surface area contributed by atoms with Crippen molar-refractivity contribution in [2.45, 2.75) is 52.4 Å². The molecule has 0 atom stereocenters. The Bertz CT molecular complexity index is 148. The predicted molar refractivity (Wildman–Crippen MR) is 58.6 cm³/mol. The van der Waals surface area contributed by atoms with Crippen LogP contribution in [-0.2, 0) is 21.9 Å². The van der Waals surface area contributed by atoms with E-state index in [1.54, 1.807) is 0 Å². The van der Waals surface area contributed by atoms with Crippen LogP contribution in [0.15, 0.2) is 0 Å². The topological polar surface area (TPSA) is 37.3 Å². The van der Waals surface area contributed by atoms with Crippen LogP contribution in [0.25, 0.3) is 0 Å². The second-order valence-corrected chi connectivity index (χ2v) is 6.29. The molecule has 0 fully saturated rings. The van der Waals surface area contributed by atoms with Crippen LogP contribution in [0.2, 0.25) is 0 Å². The van der Waals surface area contributed by atoms with Crippen LogP contribution in [0.3, 0.4) is 0 Å². The smallest absolute Gasteiger partial charge is 0.200 e. The van der Waals surface area contributed by atoms with Crippen molar-refractivity contribution in [2.75, 3.05) is 12.3 Å². The molecule has 0 aliphatic carbocycles. The van der Waals surface area contributed by atoms with E-state index in [9.17, 15) is 9.46 Å². The Morgan fingerprint density at radius 2 is 1.29 bits per heavy atom. The van der Waals surface area contributed by atoms with Crippen LogP contribution in [0, 0.1) is 0 Å². The van der Waals surface area contributed by atoms with Gasteiger partial charge in [-0.2, -0.15) is 0 Å². The summed E-state index contributed by atoms with van der Waals surface area (Å²) in [6.45, 7) is 4.22. The summed E-state index contributed by atoms with van der Waals surface area (Å²) >= 11 is 0. The molecular weight excluding hydrogens is 235 g/mol. The normalized spacial score (nSPS) is 11.1. The molecule has 0 saturated carbocycles. The maximum absolute atomic E-state index is 11.5. The van der Waals surface area contributed by atoms with Gasteiger partial charge < -0.3 is 4.89 Å². The number of hydrogen-bond acceptors (Lipinski definition) is 1. The largest absolute Gasteiger partial charge is 0.344 e. The summed E-state index contributed by atoms with van der Waals surface area (Å²) in [5.74, 6) is 0. The third-order valence-electron chi connectivity index (χ3n) is 2.22. The third kappa shape index (κ3) is 10.8. The summed E-state index contributed by atoms with van der Waals surface area (Å²) in [4.78, 5) is 9.52. The Labute approximate surface area is 99.1 Å². The van der Waals surface area contributed by atoms with E-state index in [1.807, 2.05) is 0 Å². The van der Waals surface area contributed by atoms with Crippen molar-refractivity contribution in [3.05, 3.63) is 0 Å². The summed E-state index contributed by atoms with van der Waals surface area (Å²) in [5, 5.41) is 0. The van der Waals surface area contributed by atoms with Crippen molar-refractivity contribution in [3.8, 4) is 0 Å². The zero-order chi connectivity index (χ0) is 10.2. The SMILES string of the molecule is CCCCCP(=O)(O)CCCCC.[Cr]. The molecule has 0 radical (unpaired) electrons. The minimum Gasteiger partial charge on any atom is -0.344 e. The van der Waals surface area contributed by atoms with E-state index >= 15 is 0 Å². The van der Waals surface area contributed by atoms with E-state index in [-0.39, 0.29) is 17.4 Å². The van der Waals surface area contributed by atoms with Crippen molar-refractivity contribution >= 4 is 7.37 Å². The summed E-state index contributed by atoms with van der Waals surface area (Å²) in [6.07, 6.45) is 7.29. The number of hydrogen-bond donors (Lipinski definition) is 1. The molecule has 0 unspecified atom stereocenters. The van der Waals surface area contributed by atoms with Gasteiger partial charge in [0.15, 0.2) is 0 Å². The average Bonchev–Trinajstić information content (AvgIpc) is 2.05. The molecular formula is C10H23CrO2P. The van der Waals surface area contributed by atoms with Gasteiger partial charge in [0.25, 0.3) is 0 Å². The molecule has 86 valence electrons. The molecule has 1 N–H and O–H groups in total. The van der Waals surface area contributed by atoms with E-state index in [2.05, 4.69) is 13.8 Å². The van der Waals surface area contributed by atoms with Gasteiger partial charge >= 0.3 is 0 Å². The Kier molecular flexibility index (Phi) is 12.5. The van der Waals surface area contributed by atoms with Gasteiger partial charge in [-0.15, -0.1) is 0 Å². The van der Waals surface area contributed by atoms with Crippen LogP contribution in [0.5, 0.6) is 0 Å². The van der Waals surface area contributed by atoms with Crippen LogP contribution in [-0.4, -0.2) is 17.2 Å². The van der Waals surface area contributed by atoms with Gasteiger partial charge in [0.1, 0.15) is 0 Å². The van der Waals surface area contributed by atoms with Gasteiger partial charge in [0.05, 0.1) is 0 Å². The van der Waals surface area contributed by atoms with Gasteiger partial charge in [-0.3, -0.25) is 4.57 Å². The molecule has 0 aromatic carbocycles. The molecule has 4 heteroatoms. The van der Waals surface area contributed by atoms with E-state index < -0.39 is 7.37 Å². The average molecular weight is 258 g/mol. The Morgan fingerprint density at radius 3 is 1.57 bits per heavy atom. The van der Waals surface area contributed by atoms with E-state index in [0.29, 0.717) is 12.3 Å². The van der Waals surface area contributed by atoms with Crippen molar-refractivity contribution < 1.29 is 26.8 Å². The monoisotopic (exact) mass is 258 g/mol. The minimum atomic E-state index is -2.75. The Morgan fingerprint density at radius 1 is 0.929 bits per heavy atom. The van der Waals surface area contributed by atoms with E-state index in [1.165, 1.54) is 0 Å². The van der Waals surface area contributed by atoms with Gasteiger partial charge in [-0.1, -0.05) is 39.5 Å². The maximum Gasteiger partial charge on any atom is 0.200 e. The Balaban J connectivity index is 0. The van der Waals surface area contributed by atoms with Crippen molar-refractivity contribution in [1.82, 2.24) is 0 Å². The molecule has 0 rings (SSSR count). The molecule has 0 bridgehead atoms. The zero-order valence-corrected chi connectivity index (χ0v) is 11.5. The van der Waals surface area contributed by atoms with Crippen molar-refractivity contribution in [2.24, 2.45) is 0 Å². The molecule has 14 heavy (non-hydrogen) atoms. The van der Waals surface area contributed by atoms with E-state index in [4.69, 9.17) is 0 Å². The third-order valence-corrected chi connectivity index (χ3v) is 4.25. The van der Waals surface area contributed by atoms with Crippen molar-refractivity contribution in [1.29, 1.82) is 0 Å². The maximum atomic E-state index is 11.5. The number of rotatable bonds is 8. The minimum absolute atomic E-state index is 0. The molecule has 0 amide bonds. The van der Waals surface area contributed by atoms with Gasteiger partial charge in [0.2, 0.25) is 7.37 Å². The summed E-state index contributed by atoms with van der Waals surface area (Å²) in [7, 11) is -2.75. The fourth-order valence-electron chi connectivity index (χ4n) is 1.33. The molecule has 0 heterocycles. The first-order valence-corrected chi connectivity index (χ1v) is 7.46. The molecule has 0 aromatic heterocycles. The molecule has 0 spiro atoms. The summed E-state index contributed by atoms with van der Waals surface area (Å²) in [5.41, 5.74) is 0. The summed E-state index contributed by atoms with van der Waals surface area (Å²) < 4.78 is 11.5. The summed E-state index contributed by atoms with van der Waals surface area (Å²) in [6, 6.07) is 0. The fraction of sp³-hybridized carbons (Fsp3) is 1.00. The fourth-order valence-corrected chi connectivity index (χ4v) is 2.99. The van der Waals surface area contributed by atoms with Gasteiger partial charge in [-0.05, 0) is 12.8 Å². The molecule has 0 saturated heterocycles. The zero-order valence-electron chi connectivity index (χ0n) is 9.37. The first-order chi connectivity index (χ1) is 6.12. The number of unbranched alkanes of at least 4 members (excludes halogenated alkanes) is 4. The van der Waals surface area contributed by atoms with Crippen LogP contribution in [0.1, 0.15) is 52.4 Å².